The number of rotatable bonds is 2. The molecule has 13 heavy (non-hydrogen) atoms. The molecule has 0 saturated carbocycles. The molecule has 0 aromatic carbocycles. The Hall–Kier alpha value is -1.64. The zero-order chi connectivity index (χ0) is 9.84. The molecular weight excluding hydrogens is 166 g/mol. The largest absolute Gasteiger partial charge is 0.424 e. The van der Waals surface area contributed by atoms with Crippen LogP contribution < -0.4 is 4.74 Å². The summed E-state index contributed by atoms with van der Waals surface area (Å²) in [6.07, 6.45) is 1.56. The monoisotopic (exact) mass is 177 g/mol. The van der Waals surface area contributed by atoms with Crippen molar-refractivity contribution in [2.75, 3.05) is 0 Å². The third-order valence-electron chi connectivity index (χ3n) is 1.47. The molecule has 3 nitrogen and oxygen atoms in total. The quantitative estimate of drug-likeness (QED) is 0.648. The van der Waals surface area contributed by atoms with Crippen LogP contribution in [0, 0.1) is 6.92 Å². The van der Waals surface area contributed by atoms with Crippen molar-refractivity contribution in [3.8, 4) is 5.75 Å². The van der Waals surface area contributed by atoms with Crippen LogP contribution in [-0.2, 0) is 4.79 Å². The summed E-state index contributed by atoms with van der Waals surface area (Å²) < 4.78 is 4.92. The number of carbonyl (C=O) groups is 1. The van der Waals surface area contributed by atoms with Gasteiger partial charge in [-0.05, 0) is 25.1 Å². The number of aryl methyl sites for hydroxylation is 1. The molecule has 0 aliphatic heterocycles. The number of hydrogen-bond donors (Lipinski definition) is 0. The summed E-state index contributed by atoms with van der Waals surface area (Å²) in [5, 5.41) is 0. The van der Waals surface area contributed by atoms with E-state index in [9.17, 15) is 4.79 Å². The highest BCUT2D eigenvalue weighted by Crippen LogP contribution is 2.17. The average molecular weight is 177 g/mol. The minimum absolute atomic E-state index is 0.353. The Morgan fingerprint density at radius 1 is 1.62 bits per heavy atom. The molecule has 0 bridgehead atoms. The second kappa shape index (κ2) is 3.85. The average Bonchev–Trinajstić information content (AvgIpc) is 2.07. The molecule has 1 aromatic rings. The third kappa shape index (κ3) is 2.40. The van der Waals surface area contributed by atoms with Crippen molar-refractivity contribution in [2.45, 2.75) is 13.8 Å². The molecule has 0 radical (unpaired) electrons. The lowest BCUT2D eigenvalue weighted by molar-refractivity contribution is -0.131. The van der Waals surface area contributed by atoms with Gasteiger partial charge in [0.2, 0.25) is 0 Å². The van der Waals surface area contributed by atoms with Gasteiger partial charge in [0, 0.05) is 12.6 Å². The van der Waals surface area contributed by atoms with Crippen LogP contribution in [0.5, 0.6) is 5.75 Å². The standard InChI is InChI=1S/C10H11NO2/c1-4-9-10(13-8(3)12)6-5-7(2)11-9/h4-6H,1H2,2-3H3. The molecule has 0 fully saturated rings. The molecule has 1 rings (SSSR count). The first kappa shape index (κ1) is 9.45. The molecule has 68 valence electrons. The molecule has 0 unspecified atom stereocenters. The van der Waals surface area contributed by atoms with E-state index in [0.29, 0.717) is 11.4 Å². The number of hydrogen-bond acceptors (Lipinski definition) is 3. The van der Waals surface area contributed by atoms with Crippen LogP contribution in [0.4, 0.5) is 0 Å². The minimum Gasteiger partial charge on any atom is -0.424 e. The fourth-order valence-corrected chi connectivity index (χ4v) is 0.951. The first-order valence-corrected chi connectivity index (χ1v) is 3.92. The Kier molecular flexibility index (Phi) is 2.80. The molecule has 0 N–H and O–H groups in total. The van der Waals surface area contributed by atoms with E-state index >= 15 is 0 Å². The number of carbonyl (C=O) groups excluding carboxylic acids is 1. The number of ether oxygens (including phenoxy) is 1. The summed E-state index contributed by atoms with van der Waals surface area (Å²) in [5.74, 6) is 0.0989. The fraction of sp³-hybridized carbons (Fsp3) is 0.200. The van der Waals surface area contributed by atoms with Crippen molar-refractivity contribution in [1.82, 2.24) is 4.98 Å². The maximum Gasteiger partial charge on any atom is 0.308 e. The molecule has 1 aromatic heterocycles. The van der Waals surface area contributed by atoms with Crippen LogP contribution in [0.15, 0.2) is 18.7 Å². The van der Waals surface area contributed by atoms with Crippen molar-refractivity contribution >= 4 is 12.0 Å². The van der Waals surface area contributed by atoms with E-state index in [0.717, 1.165) is 5.69 Å². The van der Waals surface area contributed by atoms with Gasteiger partial charge in [-0.1, -0.05) is 6.58 Å². The van der Waals surface area contributed by atoms with Crippen LogP contribution in [0.3, 0.4) is 0 Å². The zero-order valence-electron chi connectivity index (χ0n) is 7.70. The highest BCUT2D eigenvalue weighted by atomic mass is 16.5. The molecule has 0 amide bonds. The van der Waals surface area contributed by atoms with E-state index in [1.54, 1.807) is 18.2 Å². The maximum atomic E-state index is 10.7. The number of aromatic nitrogens is 1. The summed E-state index contributed by atoms with van der Waals surface area (Å²) in [7, 11) is 0. The Balaban J connectivity index is 3.05. The van der Waals surface area contributed by atoms with Crippen molar-refractivity contribution in [3.05, 3.63) is 30.1 Å². The van der Waals surface area contributed by atoms with Gasteiger partial charge in [-0.3, -0.25) is 4.79 Å². The summed E-state index contributed by atoms with van der Waals surface area (Å²) in [5.41, 5.74) is 1.46. The molecule has 0 aliphatic rings. The van der Waals surface area contributed by atoms with Crippen LogP contribution in [0.25, 0.3) is 6.08 Å². The van der Waals surface area contributed by atoms with Crippen LogP contribution in [-0.4, -0.2) is 11.0 Å². The molecule has 0 saturated heterocycles. The minimum atomic E-state index is -0.353. The second-order valence-electron chi connectivity index (χ2n) is 2.63. The van der Waals surface area contributed by atoms with E-state index in [1.807, 2.05) is 6.92 Å². The first-order chi connectivity index (χ1) is 6.13. The lowest BCUT2D eigenvalue weighted by atomic mass is 10.3. The van der Waals surface area contributed by atoms with Crippen molar-refractivity contribution in [3.63, 3.8) is 0 Å². The van der Waals surface area contributed by atoms with Gasteiger partial charge in [-0.2, -0.15) is 0 Å². The second-order valence-corrected chi connectivity index (χ2v) is 2.63. The SMILES string of the molecule is C=Cc1nc(C)ccc1OC(C)=O. The van der Waals surface area contributed by atoms with Gasteiger partial charge >= 0.3 is 5.97 Å². The topological polar surface area (TPSA) is 39.2 Å². The van der Waals surface area contributed by atoms with Crippen LogP contribution in [0.2, 0.25) is 0 Å². The zero-order valence-corrected chi connectivity index (χ0v) is 7.70. The van der Waals surface area contributed by atoms with Crippen molar-refractivity contribution in [2.24, 2.45) is 0 Å². The molecule has 0 atom stereocenters. The molecule has 0 aliphatic carbocycles. The van der Waals surface area contributed by atoms with Crippen LogP contribution >= 0.6 is 0 Å². The summed E-state index contributed by atoms with van der Waals surface area (Å²) >= 11 is 0. The Labute approximate surface area is 77.1 Å². The molecule has 1 heterocycles. The maximum absolute atomic E-state index is 10.7. The van der Waals surface area contributed by atoms with E-state index in [4.69, 9.17) is 4.74 Å². The molecule has 3 heteroatoms. The van der Waals surface area contributed by atoms with Gasteiger partial charge in [0.25, 0.3) is 0 Å². The molecular formula is C10H11NO2. The summed E-state index contributed by atoms with van der Waals surface area (Å²) in [6, 6.07) is 3.49. The smallest absolute Gasteiger partial charge is 0.308 e. The Morgan fingerprint density at radius 3 is 2.85 bits per heavy atom. The fourth-order valence-electron chi connectivity index (χ4n) is 0.951. The summed E-state index contributed by atoms with van der Waals surface area (Å²) in [6.45, 7) is 6.81. The highest BCUT2D eigenvalue weighted by molar-refractivity contribution is 5.70. The molecule has 0 spiro atoms. The predicted molar refractivity (Wildman–Crippen MR) is 50.4 cm³/mol. The van der Waals surface area contributed by atoms with Gasteiger partial charge < -0.3 is 4.74 Å². The van der Waals surface area contributed by atoms with Gasteiger partial charge in [0.05, 0.1) is 0 Å². The first-order valence-electron chi connectivity index (χ1n) is 3.92. The number of esters is 1. The lowest BCUT2D eigenvalue weighted by Crippen LogP contribution is -2.03. The van der Waals surface area contributed by atoms with E-state index in [2.05, 4.69) is 11.6 Å². The van der Waals surface area contributed by atoms with E-state index in [1.165, 1.54) is 6.92 Å². The lowest BCUT2D eigenvalue weighted by Gasteiger charge is -2.04. The number of nitrogens with zero attached hydrogens (tertiary/aromatic N) is 1. The van der Waals surface area contributed by atoms with Gasteiger partial charge in [0.15, 0.2) is 5.75 Å². The van der Waals surface area contributed by atoms with E-state index < -0.39 is 0 Å². The van der Waals surface area contributed by atoms with Crippen molar-refractivity contribution < 1.29 is 9.53 Å². The van der Waals surface area contributed by atoms with Crippen molar-refractivity contribution in [1.29, 1.82) is 0 Å². The normalized spacial score (nSPS) is 9.38. The Bertz CT molecular complexity index is 345. The predicted octanol–water partition coefficient (Wildman–Crippen LogP) is 1.96. The highest BCUT2D eigenvalue weighted by Gasteiger charge is 2.04. The number of pyridine rings is 1. The van der Waals surface area contributed by atoms with E-state index in [-0.39, 0.29) is 5.97 Å². The Morgan fingerprint density at radius 2 is 2.31 bits per heavy atom. The van der Waals surface area contributed by atoms with Gasteiger partial charge in [-0.25, -0.2) is 4.98 Å². The third-order valence-corrected chi connectivity index (χ3v) is 1.47. The van der Waals surface area contributed by atoms with Crippen LogP contribution in [0.1, 0.15) is 18.3 Å². The van der Waals surface area contributed by atoms with Gasteiger partial charge in [-0.15, -0.1) is 0 Å². The van der Waals surface area contributed by atoms with Gasteiger partial charge in [0.1, 0.15) is 5.69 Å². The summed E-state index contributed by atoms with van der Waals surface area (Å²) in [4.78, 5) is 14.8.